The molecule has 0 aliphatic carbocycles. The molecule has 2 aliphatic heterocycles. The van der Waals surface area contributed by atoms with Crippen LogP contribution in [0.2, 0.25) is 0 Å². The van der Waals surface area contributed by atoms with Crippen molar-refractivity contribution >= 4 is 40.6 Å². The maximum Gasteiger partial charge on any atom is 0.414 e. The van der Waals surface area contributed by atoms with Gasteiger partial charge < -0.3 is 15.2 Å². The molecule has 10 heteroatoms. The molecule has 0 radical (unpaired) electrons. The third-order valence-corrected chi connectivity index (χ3v) is 4.86. The Balaban J connectivity index is 1.85. The number of amides is 2. The minimum atomic E-state index is -0.983. The van der Waals surface area contributed by atoms with Crippen LogP contribution in [0.15, 0.2) is 12.1 Å². The van der Waals surface area contributed by atoms with Gasteiger partial charge in [0.1, 0.15) is 18.4 Å². The van der Waals surface area contributed by atoms with Gasteiger partial charge in [0, 0.05) is 17.0 Å². The van der Waals surface area contributed by atoms with Crippen molar-refractivity contribution in [2.75, 3.05) is 29.5 Å². The van der Waals surface area contributed by atoms with Gasteiger partial charge in [0.2, 0.25) is 0 Å². The zero-order chi connectivity index (χ0) is 19.0. The molecule has 26 heavy (non-hydrogen) atoms. The van der Waals surface area contributed by atoms with Gasteiger partial charge >= 0.3 is 12.2 Å². The lowest BCUT2D eigenvalue weighted by Gasteiger charge is -2.19. The number of carbonyl (C=O) groups is 2. The number of cyclic esters (lactones) is 2. The normalized spacial score (nSPS) is 21.0. The molecule has 0 spiro atoms. The summed E-state index contributed by atoms with van der Waals surface area (Å²) in [5, 5.41) is 0. The number of anilines is 2. The van der Waals surface area contributed by atoms with Gasteiger partial charge in [-0.05, 0) is 6.42 Å². The maximum absolute atomic E-state index is 14.4. The Morgan fingerprint density at radius 1 is 1.31 bits per heavy atom. The third kappa shape index (κ3) is 3.21. The van der Waals surface area contributed by atoms with Crippen molar-refractivity contribution in [2.24, 2.45) is 5.73 Å². The van der Waals surface area contributed by atoms with Crippen molar-refractivity contribution in [2.45, 2.75) is 25.5 Å². The lowest BCUT2D eigenvalue weighted by atomic mass is 10.1. The van der Waals surface area contributed by atoms with E-state index >= 15 is 0 Å². The zero-order valence-electron chi connectivity index (χ0n) is 13.9. The molecule has 1 aromatic rings. The Morgan fingerprint density at radius 2 is 1.96 bits per heavy atom. The summed E-state index contributed by atoms with van der Waals surface area (Å²) in [5.41, 5.74) is 5.43. The molecule has 2 heterocycles. The highest BCUT2D eigenvalue weighted by atomic mass is 32.1. The van der Waals surface area contributed by atoms with E-state index in [4.69, 9.17) is 27.4 Å². The summed E-state index contributed by atoms with van der Waals surface area (Å²) in [5.74, 6) is -1.97. The fourth-order valence-corrected chi connectivity index (χ4v) is 3.04. The quantitative estimate of drug-likeness (QED) is 0.784. The lowest BCUT2D eigenvalue weighted by molar-refractivity contribution is 0.137. The van der Waals surface area contributed by atoms with E-state index in [1.54, 1.807) is 0 Å². The number of rotatable bonds is 5. The van der Waals surface area contributed by atoms with Gasteiger partial charge in [0.05, 0.1) is 24.8 Å². The smallest absolute Gasteiger partial charge is 0.414 e. The molecule has 2 amide bonds. The number of thiocarbonyl (C=S) groups is 1. The monoisotopic (exact) mass is 385 g/mol. The van der Waals surface area contributed by atoms with Gasteiger partial charge in [0.15, 0.2) is 11.6 Å². The van der Waals surface area contributed by atoms with Gasteiger partial charge in [-0.2, -0.15) is 0 Å². The summed E-state index contributed by atoms with van der Waals surface area (Å²) in [7, 11) is 0. The Labute approximate surface area is 153 Å². The van der Waals surface area contributed by atoms with Crippen LogP contribution in [0.5, 0.6) is 0 Å². The number of hydrogen-bond acceptors (Lipinski definition) is 6. The summed E-state index contributed by atoms with van der Waals surface area (Å²) in [6.07, 6.45) is -1.74. The van der Waals surface area contributed by atoms with E-state index in [1.165, 1.54) is 0 Å². The van der Waals surface area contributed by atoms with Gasteiger partial charge in [0.25, 0.3) is 0 Å². The second-order valence-corrected chi connectivity index (χ2v) is 6.43. The Morgan fingerprint density at radius 3 is 2.50 bits per heavy atom. The van der Waals surface area contributed by atoms with E-state index in [9.17, 15) is 18.4 Å². The molecule has 2 N–H and O–H groups in total. The maximum atomic E-state index is 14.4. The molecule has 2 aliphatic rings. The van der Waals surface area contributed by atoms with Crippen LogP contribution >= 0.6 is 12.2 Å². The first-order chi connectivity index (χ1) is 12.3. The molecule has 0 aromatic heterocycles. The number of hydrogen-bond donors (Lipinski definition) is 1. The Kier molecular flexibility index (Phi) is 5.05. The predicted octanol–water partition coefficient (Wildman–Crippen LogP) is 2.35. The average Bonchev–Trinajstić information content (AvgIpc) is 3.19. The second kappa shape index (κ2) is 7.12. The van der Waals surface area contributed by atoms with E-state index in [0.717, 1.165) is 21.9 Å². The summed E-state index contributed by atoms with van der Waals surface area (Å²) >= 11 is 5.14. The standard InChI is InChI=1S/C16H17F2N3O4S/c1-2-12(26)13(19)11-7-21(16(23)25-11)8-5-9(17)14(10(18)6-8)20-3-4-24-15(20)22/h5-6,11,13H,2-4,7,19H2,1H3/t11-,13?/m0/s1. The Bertz CT molecular complexity index is 753. The van der Waals surface area contributed by atoms with E-state index in [2.05, 4.69) is 0 Å². The van der Waals surface area contributed by atoms with Gasteiger partial charge in [-0.15, -0.1) is 0 Å². The van der Waals surface area contributed by atoms with Crippen LogP contribution in [-0.2, 0) is 9.47 Å². The largest absolute Gasteiger partial charge is 0.447 e. The van der Waals surface area contributed by atoms with Gasteiger partial charge in [-0.1, -0.05) is 19.1 Å². The summed E-state index contributed by atoms with van der Waals surface area (Å²) < 4.78 is 38.8. The van der Waals surface area contributed by atoms with Crippen LogP contribution < -0.4 is 15.5 Å². The highest BCUT2D eigenvalue weighted by Crippen LogP contribution is 2.32. The molecule has 2 atom stereocenters. The first kappa shape index (κ1) is 18.5. The first-order valence-electron chi connectivity index (χ1n) is 8.03. The molecule has 2 saturated heterocycles. The minimum Gasteiger partial charge on any atom is -0.447 e. The third-order valence-electron chi connectivity index (χ3n) is 4.30. The average molecular weight is 385 g/mol. The molecule has 0 bridgehead atoms. The Hall–Kier alpha value is -2.33. The molecular formula is C16H17F2N3O4S. The molecule has 1 unspecified atom stereocenters. The van der Waals surface area contributed by atoms with Crippen molar-refractivity contribution in [1.82, 2.24) is 0 Å². The lowest BCUT2D eigenvalue weighted by Crippen LogP contribution is -2.43. The zero-order valence-corrected chi connectivity index (χ0v) is 14.7. The van der Waals surface area contributed by atoms with E-state index < -0.39 is 41.7 Å². The molecule has 1 aromatic carbocycles. The van der Waals surface area contributed by atoms with Crippen molar-refractivity contribution in [3.63, 3.8) is 0 Å². The number of nitrogens with two attached hydrogens (primary N) is 1. The van der Waals surface area contributed by atoms with Gasteiger partial charge in [-0.3, -0.25) is 9.80 Å². The first-order valence-corrected chi connectivity index (χ1v) is 8.44. The molecule has 140 valence electrons. The molecule has 7 nitrogen and oxygen atoms in total. The summed E-state index contributed by atoms with van der Waals surface area (Å²) in [6.45, 7) is 1.95. The molecule has 3 rings (SSSR count). The molecule has 0 saturated carbocycles. The fourth-order valence-electron chi connectivity index (χ4n) is 2.89. The van der Waals surface area contributed by atoms with E-state index in [0.29, 0.717) is 11.3 Å². The van der Waals surface area contributed by atoms with Crippen LogP contribution in [-0.4, -0.2) is 48.9 Å². The van der Waals surface area contributed by atoms with Crippen molar-refractivity contribution < 1.29 is 27.8 Å². The van der Waals surface area contributed by atoms with Crippen LogP contribution in [0.25, 0.3) is 0 Å². The molecule has 2 fully saturated rings. The number of nitrogens with zero attached hydrogens (tertiary/aromatic N) is 2. The highest BCUT2D eigenvalue weighted by Gasteiger charge is 2.38. The minimum absolute atomic E-state index is 0.0180. The predicted molar refractivity (Wildman–Crippen MR) is 93.5 cm³/mol. The number of carbonyl (C=O) groups excluding carboxylic acids is 2. The number of halogens is 2. The number of ether oxygens (including phenoxy) is 2. The van der Waals surface area contributed by atoms with E-state index in [-0.39, 0.29) is 25.4 Å². The van der Waals surface area contributed by atoms with Crippen molar-refractivity contribution in [1.29, 1.82) is 0 Å². The van der Waals surface area contributed by atoms with Crippen LogP contribution in [0.4, 0.5) is 29.7 Å². The topological polar surface area (TPSA) is 85.1 Å². The van der Waals surface area contributed by atoms with Crippen molar-refractivity contribution in [3.8, 4) is 0 Å². The van der Waals surface area contributed by atoms with E-state index in [1.807, 2.05) is 6.92 Å². The van der Waals surface area contributed by atoms with Crippen LogP contribution in [0, 0.1) is 11.6 Å². The highest BCUT2D eigenvalue weighted by molar-refractivity contribution is 7.80. The SMILES string of the molecule is CCC(=S)C(N)[C@@H]1CN(c2cc(F)c(N3CCOC3=O)c(F)c2)C(=O)O1. The summed E-state index contributed by atoms with van der Waals surface area (Å²) in [4.78, 5) is 26.1. The van der Waals surface area contributed by atoms with Crippen LogP contribution in [0.1, 0.15) is 13.3 Å². The van der Waals surface area contributed by atoms with Crippen LogP contribution in [0.3, 0.4) is 0 Å². The summed E-state index contributed by atoms with van der Waals surface area (Å²) in [6, 6.07) is 1.30. The molecular weight excluding hydrogens is 368 g/mol. The fraction of sp³-hybridized carbons (Fsp3) is 0.438. The second-order valence-electron chi connectivity index (χ2n) is 5.90. The number of benzene rings is 1. The van der Waals surface area contributed by atoms with Gasteiger partial charge in [-0.25, -0.2) is 18.4 Å². The van der Waals surface area contributed by atoms with Crippen molar-refractivity contribution in [3.05, 3.63) is 23.8 Å².